The van der Waals surface area contributed by atoms with E-state index in [9.17, 15) is 0 Å². The number of rotatable bonds is 8. The van der Waals surface area contributed by atoms with Gasteiger partial charge in [0.15, 0.2) is 0 Å². The molecular formula is C26H43N. The molecule has 2 fully saturated rings. The molecule has 1 nitrogen and oxygen atoms in total. The summed E-state index contributed by atoms with van der Waals surface area (Å²) in [7, 11) is 0. The zero-order valence-electron chi connectivity index (χ0n) is 18.3. The van der Waals surface area contributed by atoms with Crippen LogP contribution in [-0.2, 0) is 6.42 Å². The van der Waals surface area contributed by atoms with Gasteiger partial charge >= 0.3 is 0 Å². The van der Waals surface area contributed by atoms with E-state index in [2.05, 4.69) is 39.1 Å². The van der Waals surface area contributed by atoms with Crippen LogP contribution < -0.4 is 0 Å². The number of aryl methyl sites for hydroxylation is 1. The van der Waals surface area contributed by atoms with Crippen molar-refractivity contribution in [3.63, 3.8) is 0 Å². The minimum atomic E-state index is 0.631. The van der Waals surface area contributed by atoms with Gasteiger partial charge < -0.3 is 0 Å². The highest BCUT2D eigenvalue weighted by Crippen LogP contribution is 2.44. The Morgan fingerprint density at radius 3 is 2.11 bits per heavy atom. The summed E-state index contributed by atoms with van der Waals surface area (Å²) in [6.07, 6.45) is 20.9. The Labute approximate surface area is 168 Å². The maximum Gasteiger partial charge on any atom is 0.0434 e. The molecule has 2 saturated carbocycles. The summed E-state index contributed by atoms with van der Waals surface area (Å²) in [6.45, 7) is 6.95. The first-order valence-corrected chi connectivity index (χ1v) is 12.2. The second kappa shape index (κ2) is 10.6. The predicted molar refractivity (Wildman–Crippen MR) is 117 cm³/mol. The number of nitrogens with zero attached hydrogens (tertiary/aromatic N) is 1. The second-order valence-corrected chi connectivity index (χ2v) is 9.68. The monoisotopic (exact) mass is 369 g/mol. The van der Waals surface area contributed by atoms with Crippen molar-refractivity contribution >= 4 is 0 Å². The van der Waals surface area contributed by atoms with Gasteiger partial charge in [0.05, 0.1) is 0 Å². The van der Waals surface area contributed by atoms with E-state index >= 15 is 0 Å². The van der Waals surface area contributed by atoms with Crippen molar-refractivity contribution in [1.82, 2.24) is 4.98 Å². The normalized spacial score (nSPS) is 30.2. The number of hydrogen-bond donors (Lipinski definition) is 0. The van der Waals surface area contributed by atoms with Crippen LogP contribution >= 0.6 is 0 Å². The van der Waals surface area contributed by atoms with Crippen molar-refractivity contribution in [3.05, 3.63) is 29.6 Å². The molecule has 0 bridgehead atoms. The van der Waals surface area contributed by atoms with Crippen molar-refractivity contribution in [1.29, 1.82) is 0 Å². The maximum atomic E-state index is 4.77. The highest BCUT2D eigenvalue weighted by atomic mass is 14.7. The molecule has 1 heterocycles. The van der Waals surface area contributed by atoms with E-state index in [1.54, 1.807) is 0 Å². The van der Waals surface area contributed by atoms with Crippen LogP contribution in [0.3, 0.4) is 0 Å². The molecule has 0 spiro atoms. The third-order valence-electron chi connectivity index (χ3n) is 8.02. The number of unbranched alkanes of at least 4 members (excludes halogenated alkanes) is 2. The predicted octanol–water partition coefficient (Wildman–Crippen LogP) is 7.94. The molecular weight excluding hydrogens is 326 g/mol. The summed E-state index contributed by atoms with van der Waals surface area (Å²) >= 11 is 0. The summed E-state index contributed by atoms with van der Waals surface area (Å²) in [5, 5.41) is 0. The molecule has 1 aromatic heterocycles. The first-order chi connectivity index (χ1) is 13.2. The molecule has 1 aromatic rings. The van der Waals surface area contributed by atoms with E-state index in [0.29, 0.717) is 5.92 Å². The van der Waals surface area contributed by atoms with Gasteiger partial charge in [-0.2, -0.15) is 0 Å². The summed E-state index contributed by atoms with van der Waals surface area (Å²) < 4.78 is 0. The number of hydrogen-bond acceptors (Lipinski definition) is 1. The third kappa shape index (κ3) is 5.81. The first kappa shape index (κ1) is 20.9. The molecule has 1 heteroatoms. The van der Waals surface area contributed by atoms with E-state index in [-0.39, 0.29) is 0 Å². The molecule has 2 aliphatic rings. The van der Waals surface area contributed by atoms with Gasteiger partial charge in [0, 0.05) is 17.8 Å². The van der Waals surface area contributed by atoms with Crippen molar-refractivity contribution in [2.45, 2.75) is 110 Å². The topological polar surface area (TPSA) is 12.9 Å². The van der Waals surface area contributed by atoms with Crippen molar-refractivity contribution in [2.75, 3.05) is 0 Å². The van der Waals surface area contributed by atoms with E-state index in [4.69, 9.17) is 4.98 Å². The Morgan fingerprint density at radius 2 is 1.56 bits per heavy atom. The zero-order valence-corrected chi connectivity index (χ0v) is 18.3. The average Bonchev–Trinajstić information content (AvgIpc) is 2.74. The fourth-order valence-electron chi connectivity index (χ4n) is 5.90. The molecule has 0 radical (unpaired) electrons. The Hall–Kier alpha value is -0.850. The van der Waals surface area contributed by atoms with E-state index < -0.39 is 0 Å². The quantitative estimate of drug-likeness (QED) is 0.424. The van der Waals surface area contributed by atoms with Gasteiger partial charge in [-0.05, 0) is 80.2 Å². The van der Waals surface area contributed by atoms with Gasteiger partial charge in [-0.15, -0.1) is 0 Å². The van der Waals surface area contributed by atoms with Gasteiger partial charge in [-0.1, -0.05) is 65.4 Å². The van der Waals surface area contributed by atoms with Crippen LogP contribution in [0.25, 0.3) is 0 Å². The highest BCUT2D eigenvalue weighted by Gasteiger charge is 2.32. The smallest absolute Gasteiger partial charge is 0.0434 e. The molecule has 27 heavy (non-hydrogen) atoms. The van der Waals surface area contributed by atoms with Crippen molar-refractivity contribution in [3.8, 4) is 0 Å². The van der Waals surface area contributed by atoms with E-state index in [1.807, 2.05) is 0 Å². The van der Waals surface area contributed by atoms with Crippen LogP contribution in [-0.4, -0.2) is 4.98 Å². The standard InChI is InChI=1S/C26H43N/c1-4-6-7-8-22-9-12-24(13-10-22)25-16-14-23(15-17-25)20(3)26-18-11-21(5-2)19-27-26/h11,18-20,22-25H,4-10,12-17H2,1-3H3. The highest BCUT2D eigenvalue weighted by molar-refractivity contribution is 5.17. The number of pyridine rings is 1. The van der Waals surface area contributed by atoms with Crippen LogP contribution in [0.5, 0.6) is 0 Å². The van der Waals surface area contributed by atoms with Crippen LogP contribution in [0.2, 0.25) is 0 Å². The molecule has 0 aromatic carbocycles. The molecule has 1 unspecified atom stereocenters. The van der Waals surface area contributed by atoms with Crippen molar-refractivity contribution in [2.24, 2.45) is 23.7 Å². The molecule has 0 saturated heterocycles. The first-order valence-electron chi connectivity index (χ1n) is 12.2. The molecule has 1 atom stereocenters. The van der Waals surface area contributed by atoms with Crippen LogP contribution in [0.4, 0.5) is 0 Å². The molecule has 2 aliphatic carbocycles. The largest absolute Gasteiger partial charge is 0.261 e. The van der Waals surface area contributed by atoms with E-state index in [1.165, 1.54) is 88.3 Å². The fraction of sp³-hybridized carbons (Fsp3) is 0.808. The van der Waals surface area contributed by atoms with Crippen LogP contribution in [0.15, 0.2) is 18.3 Å². The summed E-state index contributed by atoms with van der Waals surface area (Å²) in [6, 6.07) is 4.57. The zero-order chi connectivity index (χ0) is 19.1. The Balaban J connectivity index is 1.41. The van der Waals surface area contributed by atoms with Gasteiger partial charge in [0.1, 0.15) is 0 Å². The Morgan fingerprint density at radius 1 is 0.889 bits per heavy atom. The van der Waals surface area contributed by atoms with Gasteiger partial charge in [0.25, 0.3) is 0 Å². The summed E-state index contributed by atoms with van der Waals surface area (Å²) in [5.74, 6) is 4.62. The summed E-state index contributed by atoms with van der Waals surface area (Å²) in [5.41, 5.74) is 2.68. The van der Waals surface area contributed by atoms with Crippen LogP contribution in [0, 0.1) is 23.7 Å². The molecule has 0 aliphatic heterocycles. The summed E-state index contributed by atoms with van der Waals surface area (Å²) in [4.78, 5) is 4.77. The van der Waals surface area contributed by atoms with Gasteiger partial charge in [-0.3, -0.25) is 4.98 Å². The minimum absolute atomic E-state index is 0.631. The SMILES string of the molecule is CCCCCC1CCC(C2CCC(C(C)c3ccc(CC)cn3)CC2)CC1. The molecule has 0 N–H and O–H groups in total. The maximum absolute atomic E-state index is 4.77. The third-order valence-corrected chi connectivity index (χ3v) is 8.02. The van der Waals surface area contributed by atoms with Gasteiger partial charge in [0.2, 0.25) is 0 Å². The second-order valence-electron chi connectivity index (χ2n) is 9.68. The van der Waals surface area contributed by atoms with Crippen LogP contribution in [0.1, 0.15) is 115 Å². The van der Waals surface area contributed by atoms with Crippen molar-refractivity contribution < 1.29 is 0 Å². The lowest BCUT2D eigenvalue weighted by Gasteiger charge is -2.39. The lowest BCUT2D eigenvalue weighted by Crippen LogP contribution is -2.27. The minimum Gasteiger partial charge on any atom is -0.261 e. The van der Waals surface area contributed by atoms with E-state index in [0.717, 1.165) is 30.1 Å². The fourth-order valence-corrected chi connectivity index (χ4v) is 5.90. The lowest BCUT2D eigenvalue weighted by atomic mass is 9.67. The lowest BCUT2D eigenvalue weighted by molar-refractivity contribution is 0.136. The van der Waals surface area contributed by atoms with Gasteiger partial charge in [-0.25, -0.2) is 0 Å². The molecule has 152 valence electrons. The molecule has 3 rings (SSSR count). The Kier molecular flexibility index (Phi) is 8.22. The number of aromatic nitrogens is 1. The Bertz CT molecular complexity index is 518. The average molecular weight is 370 g/mol. The molecule has 0 amide bonds.